The van der Waals surface area contributed by atoms with Gasteiger partial charge in [-0.25, -0.2) is 0 Å². The van der Waals surface area contributed by atoms with E-state index < -0.39 is 0 Å². The summed E-state index contributed by atoms with van der Waals surface area (Å²) in [7, 11) is 0. The van der Waals surface area contributed by atoms with E-state index in [9.17, 15) is 5.11 Å². The lowest BCUT2D eigenvalue weighted by molar-refractivity contribution is 0.265. The molecular weight excluding hydrogens is 294 g/mol. The lowest BCUT2D eigenvalue weighted by Gasteiger charge is -2.09. The first-order chi connectivity index (χ1) is 8.70. The molecule has 1 aromatic carbocycles. The highest BCUT2D eigenvalue weighted by Gasteiger charge is 2.30. The number of rotatable bonds is 3. The van der Waals surface area contributed by atoms with E-state index in [-0.39, 0.29) is 6.61 Å². The molecular formula is C13H14BrN3O. The summed E-state index contributed by atoms with van der Waals surface area (Å²) in [6.07, 6.45) is 2.28. The molecule has 1 fully saturated rings. The fourth-order valence-corrected chi connectivity index (χ4v) is 2.57. The van der Waals surface area contributed by atoms with Crippen molar-refractivity contribution in [1.29, 1.82) is 0 Å². The van der Waals surface area contributed by atoms with E-state index in [1.807, 2.05) is 6.07 Å². The lowest BCUT2D eigenvalue weighted by Crippen LogP contribution is -2.03. The second kappa shape index (κ2) is 4.48. The molecule has 3 rings (SSSR count). The number of aryl methyl sites for hydroxylation is 1. The van der Waals surface area contributed by atoms with Crippen molar-refractivity contribution in [1.82, 2.24) is 14.8 Å². The summed E-state index contributed by atoms with van der Waals surface area (Å²) in [6, 6.07) is 6.62. The Morgan fingerprint density at radius 1 is 1.39 bits per heavy atom. The lowest BCUT2D eigenvalue weighted by atomic mass is 10.1. The highest BCUT2D eigenvalue weighted by atomic mass is 79.9. The van der Waals surface area contributed by atoms with Crippen LogP contribution in [-0.2, 0) is 6.61 Å². The van der Waals surface area contributed by atoms with E-state index in [1.54, 1.807) is 0 Å². The molecule has 1 aliphatic carbocycles. The topological polar surface area (TPSA) is 50.9 Å². The van der Waals surface area contributed by atoms with E-state index in [2.05, 4.69) is 49.8 Å². The van der Waals surface area contributed by atoms with Crippen LogP contribution in [0.5, 0.6) is 0 Å². The first-order valence-electron chi connectivity index (χ1n) is 6.02. The fraction of sp³-hybridized carbons (Fsp3) is 0.385. The normalized spacial score (nSPS) is 15.1. The molecule has 0 atom stereocenters. The Balaban J connectivity index is 2.16. The Morgan fingerprint density at radius 3 is 2.83 bits per heavy atom. The molecule has 0 bridgehead atoms. The number of aliphatic hydroxyl groups excluding tert-OH is 1. The molecule has 0 spiro atoms. The third-order valence-corrected chi connectivity index (χ3v) is 3.87. The molecule has 0 aliphatic heterocycles. The number of aliphatic hydroxyl groups is 1. The fourth-order valence-electron chi connectivity index (χ4n) is 2.14. The number of hydrogen-bond donors (Lipinski definition) is 1. The molecule has 0 radical (unpaired) electrons. The minimum absolute atomic E-state index is 0.0626. The van der Waals surface area contributed by atoms with Crippen LogP contribution in [0.4, 0.5) is 0 Å². The van der Waals surface area contributed by atoms with Crippen LogP contribution in [0.15, 0.2) is 22.7 Å². The number of aromatic nitrogens is 3. The van der Waals surface area contributed by atoms with Gasteiger partial charge in [0.2, 0.25) is 0 Å². The summed E-state index contributed by atoms with van der Waals surface area (Å²) < 4.78 is 3.08. The van der Waals surface area contributed by atoms with Crippen molar-refractivity contribution >= 4 is 15.9 Å². The van der Waals surface area contributed by atoms with Gasteiger partial charge in [0.15, 0.2) is 11.6 Å². The van der Waals surface area contributed by atoms with Gasteiger partial charge in [-0.1, -0.05) is 27.6 Å². The van der Waals surface area contributed by atoms with Crippen molar-refractivity contribution in [2.75, 3.05) is 0 Å². The summed E-state index contributed by atoms with van der Waals surface area (Å²) in [5.41, 5.74) is 2.22. The van der Waals surface area contributed by atoms with E-state index in [0.717, 1.165) is 28.7 Å². The molecule has 1 N–H and O–H groups in total. The molecule has 4 nitrogen and oxygen atoms in total. The summed E-state index contributed by atoms with van der Waals surface area (Å²) >= 11 is 3.56. The van der Waals surface area contributed by atoms with Crippen LogP contribution in [0.3, 0.4) is 0 Å². The quantitative estimate of drug-likeness (QED) is 0.948. The Kier molecular flexibility index (Phi) is 2.95. The van der Waals surface area contributed by atoms with Gasteiger partial charge in [0.25, 0.3) is 0 Å². The van der Waals surface area contributed by atoms with Crippen molar-refractivity contribution in [3.8, 4) is 11.4 Å². The minimum atomic E-state index is -0.0626. The minimum Gasteiger partial charge on any atom is -0.388 e. The zero-order valence-electron chi connectivity index (χ0n) is 10.1. The number of benzene rings is 1. The van der Waals surface area contributed by atoms with Crippen LogP contribution < -0.4 is 0 Å². The predicted molar refractivity (Wildman–Crippen MR) is 72.1 cm³/mol. The van der Waals surface area contributed by atoms with Crippen molar-refractivity contribution < 1.29 is 5.11 Å². The second-order valence-electron chi connectivity index (χ2n) is 4.68. The van der Waals surface area contributed by atoms with Crippen LogP contribution in [0.25, 0.3) is 11.4 Å². The van der Waals surface area contributed by atoms with Gasteiger partial charge in [-0.3, -0.25) is 0 Å². The van der Waals surface area contributed by atoms with Crippen LogP contribution in [-0.4, -0.2) is 19.9 Å². The molecule has 94 valence electrons. The number of hydrogen-bond acceptors (Lipinski definition) is 3. The van der Waals surface area contributed by atoms with Crippen LogP contribution in [0.1, 0.15) is 30.3 Å². The molecule has 1 saturated carbocycles. The monoisotopic (exact) mass is 307 g/mol. The standard InChI is InChI=1S/C13H14BrN3O/c1-8-2-5-11(14)10(6-8)13-16-15-12(7-18)17(13)9-3-4-9/h2,5-6,9,18H,3-4,7H2,1H3. The maximum Gasteiger partial charge on any atom is 0.165 e. The van der Waals surface area contributed by atoms with Gasteiger partial charge in [-0.05, 0) is 31.9 Å². The maximum absolute atomic E-state index is 9.34. The number of nitrogens with zero attached hydrogens (tertiary/aromatic N) is 3. The molecule has 2 aromatic rings. The number of halogens is 1. The van der Waals surface area contributed by atoms with Crippen LogP contribution in [0.2, 0.25) is 0 Å². The van der Waals surface area contributed by atoms with Gasteiger partial charge in [0, 0.05) is 16.1 Å². The summed E-state index contributed by atoms with van der Waals surface area (Å²) in [4.78, 5) is 0. The summed E-state index contributed by atoms with van der Waals surface area (Å²) in [5, 5.41) is 17.7. The van der Waals surface area contributed by atoms with E-state index >= 15 is 0 Å². The molecule has 5 heteroatoms. The van der Waals surface area contributed by atoms with Crippen molar-refractivity contribution in [3.63, 3.8) is 0 Å². The molecule has 1 aliphatic rings. The first-order valence-corrected chi connectivity index (χ1v) is 6.81. The zero-order chi connectivity index (χ0) is 12.7. The third-order valence-electron chi connectivity index (χ3n) is 3.18. The van der Waals surface area contributed by atoms with Crippen LogP contribution in [0, 0.1) is 6.92 Å². The SMILES string of the molecule is Cc1ccc(Br)c(-c2nnc(CO)n2C2CC2)c1. The van der Waals surface area contributed by atoms with Crippen LogP contribution >= 0.6 is 15.9 Å². The van der Waals surface area contributed by atoms with Crippen molar-refractivity contribution in [3.05, 3.63) is 34.1 Å². The molecule has 0 saturated heterocycles. The third kappa shape index (κ3) is 1.97. The van der Waals surface area contributed by atoms with Gasteiger partial charge in [-0.15, -0.1) is 10.2 Å². The molecule has 18 heavy (non-hydrogen) atoms. The average molecular weight is 308 g/mol. The van der Waals surface area contributed by atoms with Gasteiger partial charge in [0.1, 0.15) is 6.61 Å². The smallest absolute Gasteiger partial charge is 0.165 e. The van der Waals surface area contributed by atoms with Gasteiger partial charge in [0.05, 0.1) is 0 Å². The highest BCUT2D eigenvalue weighted by molar-refractivity contribution is 9.10. The average Bonchev–Trinajstić information content (AvgIpc) is 3.12. The Labute approximate surface area is 114 Å². The highest BCUT2D eigenvalue weighted by Crippen LogP contribution is 2.40. The zero-order valence-corrected chi connectivity index (χ0v) is 11.7. The maximum atomic E-state index is 9.34. The Morgan fingerprint density at radius 2 is 2.17 bits per heavy atom. The largest absolute Gasteiger partial charge is 0.388 e. The van der Waals surface area contributed by atoms with Gasteiger partial charge >= 0.3 is 0 Å². The van der Waals surface area contributed by atoms with E-state index in [0.29, 0.717) is 11.9 Å². The Hall–Kier alpha value is -1.20. The predicted octanol–water partition coefficient (Wildman–Crippen LogP) is 2.84. The summed E-state index contributed by atoms with van der Waals surface area (Å²) in [5.74, 6) is 1.50. The Bertz CT molecular complexity index is 590. The van der Waals surface area contributed by atoms with Crippen molar-refractivity contribution in [2.24, 2.45) is 0 Å². The second-order valence-corrected chi connectivity index (χ2v) is 5.54. The molecule has 1 aromatic heterocycles. The summed E-state index contributed by atoms with van der Waals surface area (Å²) in [6.45, 7) is 1.99. The van der Waals surface area contributed by atoms with Crippen molar-refractivity contribution in [2.45, 2.75) is 32.4 Å². The first kappa shape index (κ1) is 11.9. The molecule has 0 amide bonds. The molecule has 0 unspecified atom stereocenters. The van der Waals surface area contributed by atoms with E-state index in [1.165, 1.54) is 5.56 Å². The molecule has 1 heterocycles. The van der Waals surface area contributed by atoms with Gasteiger partial charge < -0.3 is 9.67 Å². The van der Waals surface area contributed by atoms with E-state index in [4.69, 9.17) is 0 Å². The van der Waals surface area contributed by atoms with Gasteiger partial charge in [-0.2, -0.15) is 0 Å².